The maximum absolute atomic E-state index is 12.8. The molecule has 2 fully saturated rings. The number of benzene rings is 1. The van der Waals surface area contributed by atoms with Gasteiger partial charge in [0.25, 0.3) is 0 Å². The Morgan fingerprint density at radius 3 is 2.15 bits per heavy atom. The van der Waals surface area contributed by atoms with Gasteiger partial charge in [-0.1, -0.05) is 6.92 Å². The summed E-state index contributed by atoms with van der Waals surface area (Å²) in [6.07, 6.45) is 0.394. The van der Waals surface area contributed by atoms with Crippen LogP contribution in [0.3, 0.4) is 0 Å². The van der Waals surface area contributed by atoms with Crippen LogP contribution in [-0.2, 0) is 14.8 Å². The number of halogens is 2. The first-order valence-electron chi connectivity index (χ1n) is 8.62. The van der Waals surface area contributed by atoms with Crippen molar-refractivity contribution in [1.82, 2.24) is 9.21 Å². The van der Waals surface area contributed by atoms with Gasteiger partial charge in [-0.2, -0.15) is 4.31 Å². The van der Waals surface area contributed by atoms with Gasteiger partial charge < -0.3 is 10.2 Å². The molecule has 0 radical (unpaired) electrons. The van der Waals surface area contributed by atoms with Gasteiger partial charge in [-0.15, -0.1) is 23.2 Å². The van der Waals surface area contributed by atoms with Crippen molar-refractivity contribution >= 4 is 44.8 Å². The summed E-state index contributed by atoms with van der Waals surface area (Å²) < 4.78 is 26.0. The Morgan fingerprint density at radius 2 is 1.69 bits per heavy atom. The Balaban J connectivity index is 1.67. The minimum absolute atomic E-state index is 0.224. The fourth-order valence-corrected chi connectivity index (χ4v) is 5.19. The summed E-state index contributed by atoms with van der Waals surface area (Å²) in [6.45, 7) is 7.14. The van der Waals surface area contributed by atoms with E-state index in [1.807, 2.05) is 0 Å². The summed E-state index contributed by atoms with van der Waals surface area (Å²) in [7, 11) is -3.52. The highest BCUT2D eigenvalue weighted by Gasteiger charge is 2.67. The molecule has 1 atom stereocenters. The van der Waals surface area contributed by atoms with Crippen molar-refractivity contribution in [3.05, 3.63) is 24.3 Å². The number of carbonyl (C=O) groups is 1. The minimum atomic E-state index is -3.52. The van der Waals surface area contributed by atoms with Gasteiger partial charge in [-0.25, -0.2) is 8.42 Å². The second-order valence-corrected chi connectivity index (χ2v) is 10.5. The molecule has 1 N–H and O–H groups in total. The lowest BCUT2D eigenvalue weighted by atomic mass is 10.1. The monoisotopic (exact) mass is 419 g/mol. The summed E-state index contributed by atoms with van der Waals surface area (Å²) in [6, 6.07) is 6.20. The number of anilines is 1. The molecule has 1 heterocycles. The normalized spacial score (nSPS) is 26.5. The van der Waals surface area contributed by atoms with Crippen molar-refractivity contribution in [2.45, 2.75) is 29.5 Å². The van der Waals surface area contributed by atoms with Gasteiger partial charge in [0.15, 0.2) is 0 Å². The van der Waals surface area contributed by atoms with E-state index < -0.39 is 19.8 Å². The molecule has 1 saturated carbocycles. The van der Waals surface area contributed by atoms with E-state index in [0.717, 1.165) is 19.6 Å². The number of piperazine rings is 1. The molecule has 1 aliphatic carbocycles. The molecule has 3 rings (SSSR count). The molecule has 2 aliphatic rings. The summed E-state index contributed by atoms with van der Waals surface area (Å²) in [5.41, 5.74) is -0.304. The molecule has 144 valence electrons. The predicted molar refractivity (Wildman–Crippen MR) is 103 cm³/mol. The number of rotatable bonds is 5. The van der Waals surface area contributed by atoms with Gasteiger partial charge in [0.05, 0.1) is 10.3 Å². The molecule has 9 heteroatoms. The number of hydrogen-bond acceptors (Lipinski definition) is 4. The molecule has 0 aromatic heterocycles. The average molecular weight is 420 g/mol. The molecule has 0 spiro atoms. The smallest absolute Gasteiger partial charge is 0.243 e. The van der Waals surface area contributed by atoms with Crippen molar-refractivity contribution in [3.8, 4) is 0 Å². The van der Waals surface area contributed by atoms with Gasteiger partial charge in [-0.05, 0) is 44.2 Å². The van der Waals surface area contributed by atoms with Crippen molar-refractivity contribution in [2.75, 3.05) is 38.0 Å². The zero-order valence-corrected chi connectivity index (χ0v) is 17.2. The highest BCUT2D eigenvalue weighted by molar-refractivity contribution is 7.89. The maximum Gasteiger partial charge on any atom is 0.243 e. The zero-order valence-electron chi connectivity index (χ0n) is 14.8. The lowest BCUT2D eigenvalue weighted by Crippen LogP contribution is -2.48. The fraction of sp³-hybridized carbons (Fsp3) is 0.588. The minimum Gasteiger partial charge on any atom is -0.326 e. The number of amides is 1. The lowest BCUT2D eigenvalue weighted by Gasteiger charge is -2.33. The third kappa shape index (κ3) is 3.60. The summed E-state index contributed by atoms with van der Waals surface area (Å²) >= 11 is 12.0. The van der Waals surface area contributed by atoms with E-state index in [-0.39, 0.29) is 10.8 Å². The molecule has 1 saturated heterocycles. The standard InChI is InChI=1S/C17H23Cl2N3O3S/c1-3-21-8-10-22(11-9-21)26(24,25)14-6-4-13(5-7-14)20-15(23)16(2)12-17(16,18)19/h4-7H,3,8-12H2,1-2H3,(H,20,23). The van der Waals surface area contributed by atoms with E-state index in [4.69, 9.17) is 23.2 Å². The summed E-state index contributed by atoms with van der Waals surface area (Å²) in [5.74, 6) is -0.270. The second-order valence-electron chi connectivity index (χ2n) is 7.03. The quantitative estimate of drug-likeness (QED) is 0.744. The fourth-order valence-electron chi connectivity index (χ4n) is 3.06. The summed E-state index contributed by atoms with van der Waals surface area (Å²) in [5, 5.41) is 2.75. The van der Waals surface area contributed by atoms with Crippen LogP contribution in [-0.4, -0.2) is 60.6 Å². The molecule has 1 aliphatic heterocycles. The largest absolute Gasteiger partial charge is 0.326 e. The first kappa shape index (κ1) is 19.9. The molecule has 26 heavy (non-hydrogen) atoms. The number of nitrogens with one attached hydrogen (secondary N) is 1. The van der Waals surface area contributed by atoms with E-state index in [0.29, 0.717) is 25.2 Å². The van der Waals surface area contributed by atoms with Gasteiger partial charge in [-0.3, -0.25) is 4.79 Å². The molecule has 1 unspecified atom stereocenters. The van der Waals surface area contributed by atoms with Crippen molar-refractivity contribution in [3.63, 3.8) is 0 Å². The molecule has 6 nitrogen and oxygen atoms in total. The first-order valence-corrected chi connectivity index (χ1v) is 10.8. The highest BCUT2D eigenvalue weighted by atomic mass is 35.5. The third-order valence-electron chi connectivity index (χ3n) is 5.29. The maximum atomic E-state index is 12.8. The van der Waals surface area contributed by atoms with E-state index in [2.05, 4.69) is 17.1 Å². The average Bonchev–Trinajstić information content (AvgIpc) is 3.15. The Morgan fingerprint density at radius 1 is 1.15 bits per heavy atom. The van der Waals surface area contributed by atoms with Gasteiger partial charge in [0.1, 0.15) is 4.33 Å². The van der Waals surface area contributed by atoms with Crippen LogP contribution < -0.4 is 5.32 Å². The van der Waals surface area contributed by atoms with Crippen LogP contribution in [0.4, 0.5) is 5.69 Å². The van der Waals surface area contributed by atoms with Crippen LogP contribution in [0.5, 0.6) is 0 Å². The predicted octanol–water partition coefficient (Wildman–Crippen LogP) is 2.54. The Hall–Kier alpha value is -0.860. The van der Waals surface area contributed by atoms with Crippen LogP contribution in [0.15, 0.2) is 29.2 Å². The van der Waals surface area contributed by atoms with E-state index in [9.17, 15) is 13.2 Å². The number of carbonyl (C=O) groups excluding carboxylic acids is 1. The van der Waals surface area contributed by atoms with Crippen LogP contribution >= 0.6 is 23.2 Å². The Labute approximate surface area is 164 Å². The second kappa shape index (κ2) is 6.95. The Kier molecular flexibility index (Phi) is 5.31. The van der Waals surface area contributed by atoms with Gasteiger partial charge in [0, 0.05) is 31.9 Å². The first-order chi connectivity index (χ1) is 12.1. The van der Waals surface area contributed by atoms with E-state index in [1.54, 1.807) is 19.1 Å². The number of nitrogens with zero attached hydrogens (tertiary/aromatic N) is 2. The van der Waals surface area contributed by atoms with Crippen LogP contribution in [0.25, 0.3) is 0 Å². The summed E-state index contributed by atoms with van der Waals surface area (Å²) in [4.78, 5) is 14.7. The van der Waals surface area contributed by atoms with Gasteiger partial charge in [0.2, 0.25) is 15.9 Å². The molecular formula is C17H23Cl2N3O3S. The van der Waals surface area contributed by atoms with Crippen molar-refractivity contribution < 1.29 is 13.2 Å². The molecule has 1 aromatic rings. The van der Waals surface area contributed by atoms with E-state index in [1.165, 1.54) is 16.4 Å². The van der Waals surface area contributed by atoms with Crippen molar-refractivity contribution in [1.29, 1.82) is 0 Å². The SMILES string of the molecule is CCN1CCN(S(=O)(=O)c2ccc(NC(=O)C3(C)CC3(Cl)Cl)cc2)CC1. The molecule has 1 aromatic carbocycles. The lowest BCUT2D eigenvalue weighted by molar-refractivity contribution is -0.120. The molecule has 0 bridgehead atoms. The van der Waals surface area contributed by atoms with Crippen molar-refractivity contribution in [2.24, 2.45) is 5.41 Å². The molecule has 1 amide bonds. The number of alkyl halides is 2. The third-order valence-corrected chi connectivity index (χ3v) is 8.30. The van der Waals surface area contributed by atoms with Crippen LogP contribution in [0.1, 0.15) is 20.3 Å². The topological polar surface area (TPSA) is 69.7 Å². The van der Waals surface area contributed by atoms with Crippen LogP contribution in [0.2, 0.25) is 0 Å². The number of hydrogen-bond donors (Lipinski definition) is 1. The molecular weight excluding hydrogens is 397 g/mol. The van der Waals surface area contributed by atoms with E-state index >= 15 is 0 Å². The zero-order chi connectivity index (χ0) is 19.2. The highest BCUT2D eigenvalue weighted by Crippen LogP contribution is 2.64. The number of likely N-dealkylation sites (N-methyl/N-ethyl adjacent to an activating group) is 1. The van der Waals surface area contributed by atoms with Gasteiger partial charge >= 0.3 is 0 Å². The number of sulfonamides is 1. The Bertz CT molecular complexity index is 790. The van der Waals surface area contributed by atoms with Crippen LogP contribution in [0, 0.1) is 5.41 Å².